The third-order valence-corrected chi connectivity index (χ3v) is 2.79. The summed E-state index contributed by atoms with van der Waals surface area (Å²) in [5, 5.41) is 3.25. The summed E-state index contributed by atoms with van der Waals surface area (Å²) in [6.45, 7) is 4.19. The Morgan fingerprint density at radius 2 is 2.43 bits per heavy atom. The van der Waals surface area contributed by atoms with Crippen LogP contribution >= 0.6 is 0 Å². The lowest BCUT2D eigenvalue weighted by atomic mass is 9.81. The molecule has 0 aliphatic carbocycles. The van der Waals surface area contributed by atoms with Crippen LogP contribution in [0.4, 0.5) is 0 Å². The van der Waals surface area contributed by atoms with Crippen molar-refractivity contribution >= 4 is 5.91 Å². The molecule has 3 heteroatoms. The molecule has 0 aromatic rings. The van der Waals surface area contributed by atoms with Crippen LogP contribution < -0.4 is 5.32 Å². The molecule has 1 saturated heterocycles. The fraction of sp³-hybridized carbons (Fsp3) is 0.727. The second-order valence-corrected chi connectivity index (χ2v) is 4.21. The molecule has 0 aromatic heterocycles. The Balaban J connectivity index is 2.62. The predicted molar refractivity (Wildman–Crippen MR) is 56.7 cm³/mol. The standard InChI is InChI=1S/C11H18N2O/c1-4-8-13(3)10(14)11(2)6-5-7-12-9-11/h1,12H,5-9H2,2-3H3. The van der Waals surface area contributed by atoms with E-state index in [9.17, 15) is 4.79 Å². The molecule has 0 radical (unpaired) electrons. The van der Waals surface area contributed by atoms with Crippen LogP contribution in [0.25, 0.3) is 0 Å². The summed E-state index contributed by atoms with van der Waals surface area (Å²) in [6, 6.07) is 0. The van der Waals surface area contributed by atoms with Crippen molar-refractivity contribution in [3.63, 3.8) is 0 Å². The first-order chi connectivity index (χ1) is 6.60. The molecular formula is C11H18N2O. The molecule has 1 atom stereocenters. The molecule has 1 unspecified atom stereocenters. The Kier molecular flexibility index (Phi) is 3.54. The highest BCUT2D eigenvalue weighted by Crippen LogP contribution is 2.27. The topological polar surface area (TPSA) is 32.3 Å². The number of carbonyl (C=O) groups is 1. The van der Waals surface area contributed by atoms with E-state index < -0.39 is 0 Å². The highest BCUT2D eigenvalue weighted by Gasteiger charge is 2.36. The normalized spacial score (nSPS) is 26.6. The first kappa shape index (κ1) is 11.1. The van der Waals surface area contributed by atoms with Crippen molar-refractivity contribution in [2.75, 3.05) is 26.7 Å². The smallest absolute Gasteiger partial charge is 0.230 e. The number of amides is 1. The molecule has 14 heavy (non-hydrogen) atoms. The Hall–Kier alpha value is -1.01. The average Bonchev–Trinajstić information content (AvgIpc) is 2.18. The van der Waals surface area contributed by atoms with Crippen molar-refractivity contribution in [2.45, 2.75) is 19.8 Å². The first-order valence-electron chi connectivity index (χ1n) is 5.00. The van der Waals surface area contributed by atoms with Gasteiger partial charge >= 0.3 is 0 Å². The van der Waals surface area contributed by atoms with E-state index in [1.807, 2.05) is 6.92 Å². The fourth-order valence-electron chi connectivity index (χ4n) is 1.91. The van der Waals surface area contributed by atoms with Gasteiger partial charge in [0.05, 0.1) is 12.0 Å². The maximum atomic E-state index is 12.0. The van der Waals surface area contributed by atoms with Gasteiger partial charge in [0, 0.05) is 13.6 Å². The molecule has 3 nitrogen and oxygen atoms in total. The number of nitrogens with one attached hydrogen (secondary N) is 1. The second kappa shape index (κ2) is 4.47. The molecule has 0 aromatic carbocycles. The average molecular weight is 194 g/mol. The van der Waals surface area contributed by atoms with E-state index in [0.29, 0.717) is 6.54 Å². The van der Waals surface area contributed by atoms with Gasteiger partial charge in [-0.25, -0.2) is 0 Å². The fourth-order valence-corrected chi connectivity index (χ4v) is 1.91. The van der Waals surface area contributed by atoms with E-state index >= 15 is 0 Å². The van der Waals surface area contributed by atoms with E-state index in [0.717, 1.165) is 25.9 Å². The summed E-state index contributed by atoms with van der Waals surface area (Å²) in [7, 11) is 1.77. The van der Waals surface area contributed by atoms with Gasteiger partial charge in [0.15, 0.2) is 0 Å². The molecule has 0 spiro atoms. The number of carbonyl (C=O) groups excluding carboxylic acids is 1. The molecule has 1 amide bonds. The van der Waals surface area contributed by atoms with E-state index in [-0.39, 0.29) is 11.3 Å². The summed E-state index contributed by atoms with van der Waals surface area (Å²) in [5.74, 6) is 2.64. The van der Waals surface area contributed by atoms with Crippen LogP contribution in [0, 0.1) is 17.8 Å². The zero-order valence-electron chi connectivity index (χ0n) is 8.97. The van der Waals surface area contributed by atoms with Crippen molar-refractivity contribution < 1.29 is 4.79 Å². The SMILES string of the molecule is C#CCN(C)C(=O)C1(C)CCCNC1. The van der Waals surface area contributed by atoms with Crippen LogP contribution in [0.3, 0.4) is 0 Å². The van der Waals surface area contributed by atoms with Gasteiger partial charge < -0.3 is 10.2 Å². The monoisotopic (exact) mass is 194 g/mol. The van der Waals surface area contributed by atoms with Crippen LogP contribution in [-0.4, -0.2) is 37.5 Å². The summed E-state index contributed by atoms with van der Waals surface area (Å²) in [6.07, 6.45) is 7.19. The van der Waals surface area contributed by atoms with Gasteiger partial charge in [0.1, 0.15) is 0 Å². The maximum absolute atomic E-state index is 12.0. The van der Waals surface area contributed by atoms with E-state index in [1.165, 1.54) is 0 Å². The zero-order chi connectivity index (χ0) is 10.6. The number of hydrogen-bond acceptors (Lipinski definition) is 2. The third-order valence-electron chi connectivity index (χ3n) is 2.79. The molecular weight excluding hydrogens is 176 g/mol. The highest BCUT2D eigenvalue weighted by molar-refractivity contribution is 5.82. The number of rotatable bonds is 2. The molecule has 1 fully saturated rings. The van der Waals surface area contributed by atoms with Crippen molar-refractivity contribution in [1.82, 2.24) is 10.2 Å². The third kappa shape index (κ3) is 2.27. The number of terminal acetylenes is 1. The van der Waals surface area contributed by atoms with E-state index in [2.05, 4.69) is 11.2 Å². The van der Waals surface area contributed by atoms with E-state index in [1.54, 1.807) is 11.9 Å². The Bertz CT molecular complexity index is 249. The van der Waals surface area contributed by atoms with Crippen LogP contribution in [0.1, 0.15) is 19.8 Å². The quantitative estimate of drug-likeness (QED) is 0.648. The summed E-state index contributed by atoms with van der Waals surface area (Å²) in [4.78, 5) is 13.6. The van der Waals surface area contributed by atoms with E-state index in [4.69, 9.17) is 6.42 Å². The van der Waals surface area contributed by atoms with Crippen LogP contribution in [0.15, 0.2) is 0 Å². The summed E-state index contributed by atoms with van der Waals surface area (Å²) < 4.78 is 0. The van der Waals surface area contributed by atoms with Crippen molar-refractivity contribution in [1.29, 1.82) is 0 Å². The largest absolute Gasteiger partial charge is 0.334 e. The zero-order valence-corrected chi connectivity index (χ0v) is 8.97. The molecule has 1 aliphatic heterocycles. The minimum absolute atomic E-state index is 0.155. The lowest BCUT2D eigenvalue weighted by Crippen LogP contribution is -2.49. The number of piperidine rings is 1. The van der Waals surface area contributed by atoms with Crippen molar-refractivity contribution in [2.24, 2.45) is 5.41 Å². The maximum Gasteiger partial charge on any atom is 0.230 e. The van der Waals surface area contributed by atoms with Gasteiger partial charge in [-0.1, -0.05) is 5.92 Å². The van der Waals surface area contributed by atoms with Crippen molar-refractivity contribution in [3.8, 4) is 12.3 Å². The number of hydrogen-bond donors (Lipinski definition) is 1. The Morgan fingerprint density at radius 3 is 2.93 bits per heavy atom. The Morgan fingerprint density at radius 1 is 1.71 bits per heavy atom. The van der Waals surface area contributed by atoms with Crippen molar-refractivity contribution in [3.05, 3.63) is 0 Å². The summed E-state index contributed by atoms with van der Waals surface area (Å²) in [5.41, 5.74) is -0.260. The first-order valence-corrected chi connectivity index (χ1v) is 5.00. The summed E-state index contributed by atoms with van der Waals surface area (Å²) >= 11 is 0. The van der Waals surface area contributed by atoms with Gasteiger partial charge in [0.2, 0.25) is 5.91 Å². The minimum atomic E-state index is -0.260. The minimum Gasteiger partial charge on any atom is -0.334 e. The van der Waals surface area contributed by atoms with Gasteiger partial charge in [-0.15, -0.1) is 6.42 Å². The molecule has 1 N–H and O–H groups in total. The second-order valence-electron chi connectivity index (χ2n) is 4.21. The van der Waals surface area contributed by atoms with Gasteiger partial charge in [0.25, 0.3) is 0 Å². The van der Waals surface area contributed by atoms with Gasteiger partial charge in [-0.2, -0.15) is 0 Å². The van der Waals surface area contributed by atoms with Crippen LogP contribution in [-0.2, 0) is 4.79 Å². The molecule has 78 valence electrons. The van der Waals surface area contributed by atoms with Gasteiger partial charge in [-0.05, 0) is 26.3 Å². The lowest BCUT2D eigenvalue weighted by molar-refractivity contribution is -0.140. The molecule has 0 saturated carbocycles. The lowest BCUT2D eigenvalue weighted by Gasteiger charge is -2.35. The highest BCUT2D eigenvalue weighted by atomic mass is 16.2. The number of nitrogens with zero attached hydrogens (tertiary/aromatic N) is 1. The van der Waals surface area contributed by atoms with Crippen LogP contribution in [0.2, 0.25) is 0 Å². The Labute approximate surface area is 85.9 Å². The van der Waals surface area contributed by atoms with Crippen LogP contribution in [0.5, 0.6) is 0 Å². The molecule has 1 heterocycles. The predicted octanol–water partition coefficient (Wildman–Crippen LogP) is 0.468. The molecule has 1 rings (SSSR count). The molecule has 1 aliphatic rings. The van der Waals surface area contributed by atoms with Gasteiger partial charge in [-0.3, -0.25) is 4.79 Å². The molecule has 0 bridgehead atoms.